The molecule has 7 nitrogen and oxygen atoms in total. The van der Waals surface area contributed by atoms with Crippen LogP contribution in [0.3, 0.4) is 0 Å². The quantitative estimate of drug-likeness (QED) is 0.865. The predicted octanol–water partition coefficient (Wildman–Crippen LogP) is 2.52. The molecular formula is C15H20N4O3S. The normalized spacial score (nSPS) is 27.7. The summed E-state index contributed by atoms with van der Waals surface area (Å²) in [4.78, 5) is 20.7. The van der Waals surface area contributed by atoms with Gasteiger partial charge in [-0.1, -0.05) is 19.0 Å². The molecule has 3 heterocycles. The van der Waals surface area contributed by atoms with Crippen molar-refractivity contribution in [3.63, 3.8) is 0 Å². The summed E-state index contributed by atoms with van der Waals surface area (Å²) in [5.74, 6) is 0.227. The van der Waals surface area contributed by atoms with Crippen molar-refractivity contribution in [1.29, 1.82) is 0 Å². The summed E-state index contributed by atoms with van der Waals surface area (Å²) in [6.07, 6.45) is 0.941. The summed E-state index contributed by atoms with van der Waals surface area (Å²) in [7, 11) is 0. The molecule has 1 aliphatic heterocycles. The molecule has 0 aliphatic carbocycles. The summed E-state index contributed by atoms with van der Waals surface area (Å²) in [5.41, 5.74) is 1.56. The molecule has 0 unspecified atom stereocenters. The van der Waals surface area contributed by atoms with E-state index in [2.05, 4.69) is 20.4 Å². The standard InChI is InChI=1S/C15H20N4O3S/c1-8(2)4-15(14(20)21)5-10(13-17-9(3)19-22-13)12(18-15)11-6-23-7-16-11/h6-8,10,12,18H,4-5H2,1-3H3,(H,20,21)/t10-,12+,15-/m0/s1. The molecule has 1 saturated heterocycles. The van der Waals surface area contributed by atoms with E-state index in [0.29, 0.717) is 24.6 Å². The minimum absolute atomic E-state index is 0.201. The summed E-state index contributed by atoms with van der Waals surface area (Å²) in [6.45, 7) is 5.80. The zero-order valence-electron chi connectivity index (χ0n) is 13.3. The van der Waals surface area contributed by atoms with E-state index in [1.54, 1.807) is 12.4 Å². The third kappa shape index (κ3) is 3.00. The van der Waals surface area contributed by atoms with Crippen LogP contribution in [0, 0.1) is 12.8 Å². The average Bonchev–Trinajstić information content (AvgIpc) is 3.16. The van der Waals surface area contributed by atoms with Gasteiger partial charge in [0.1, 0.15) is 5.54 Å². The molecule has 0 radical (unpaired) electrons. The maximum absolute atomic E-state index is 12.0. The number of hydrogen-bond acceptors (Lipinski definition) is 7. The van der Waals surface area contributed by atoms with Gasteiger partial charge in [-0.15, -0.1) is 11.3 Å². The molecule has 2 aromatic heterocycles. The van der Waals surface area contributed by atoms with Gasteiger partial charge >= 0.3 is 5.97 Å². The van der Waals surface area contributed by atoms with Gasteiger partial charge in [0.2, 0.25) is 5.89 Å². The summed E-state index contributed by atoms with van der Waals surface area (Å²) < 4.78 is 5.34. The first-order valence-electron chi connectivity index (χ1n) is 7.60. The smallest absolute Gasteiger partial charge is 0.323 e. The van der Waals surface area contributed by atoms with Gasteiger partial charge in [-0.25, -0.2) is 4.98 Å². The highest BCUT2D eigenvalue weighted by atomic mass is 32.1. The lowest BCUT2D eigenvalue weighted by Gasteiger charge is -2.27. The largest absolute Gasteiger partial charge is 0.480 e. The Hall–Kier alpha value is -1.80. The number of carboxylic acids is 1. The van der Waals surface area contributed by atoms with Crippen LogP contribution in [0.2, 0.25) is 0 Å². The molecule has 3 rings (SSSR count). The highest BCUT2D eigenvalue weighted by molar-refractivity contribution is 7.07. The van der Waals surface area contributed by atoms with Gasteiger partial charge in [0.15, 0.2) is 5.82 Å². The van der Waals surface area contributed by atoms with Crippen LogP contribution in [0.5, 0.6) is 0 Å². The molecule has 0 bridgehead atoms. The second kappa shape index (κ2) is 6.01. The van der Waals surface area contributed by atoms with E-state index in [1.165, 1.54) is 11.3 Å². The summed E-state index contributed by atoms with van der Waals surface area (Å²) in [5, 5.41) is 18.9. The van der Waals surface area contributed by atoms with Gasteiger partial charge in [-0.2, -0.15) is 4.98 Å². The van der Waals surface area contributed by atoms with Crippen LogP contribution in [0.25, 0.3) is 0 Å². The van der Waals surface area contributed by atoms with E-state index >= 15 is 0 Å². The number of aliphatic carboxylic acids is 1. The maximum atomic E-state index is 12.0. The first-order chi connectivity index (χ1) is 10.9. The SMILES string of the molecule is Cc1noc([C@H]2C[C@@](CC(C)C)(C(=O)O)N[C@H]2c2cscn2)n1. The minimum atomic E-state index is -1.00. The number of nitrogens with zero attached hydrogens (tertiary/aromatic N) is 3. The van der Waals surface area contributed by atoms with Gasteiger partial charge in [-0.3, -0.25) is 10.1 Å². The lowest BCUT2D eigenvalue weighted by Crippen LogP contribution is -2.49. The molecule has 3 atom stereocenters. The van der Waals surface area contributed by atoms with Crippen molar-refractivity contribution in [2.24, 2.45) is 5.92 Å². The van der Waals surface area contributed by atoms with Gasteiger partial charge in [0.05, 0.1) is 23.2 Å². The maximum Gasteiger partial charge on any atom is 0.323 e. The minimum Gasteiger partial charge on any atom is -0.480 e. The van der Waals surface area contributed by atoms with Crippen molar-refractivity contribution in [2.75, 3.05) is 0 Å². The van der Waals surface area contributed by atoms with E-state index in [0.717, 1.165) is 5.69 Å². The highest BCUT2D eigenvalue weighted by Gasteiger charge is 2.53. The van der Waals surface area contributed by atoms with Crippen LogP contribution >= 0.6 is 11.3 Å². The first-order valence-corrected chi connectivity index (χ1v) is 8.55. The third-order valence-corrected chi connectivity index (χ3v) is 4.80. The topological polar surface area (TPSA) is 101 Å². The Morgan fingerprint density at radius 2 is 2.39 bits per heavy atom. The fourth-order valence-electron chi connectivity index (χ4n) is 3.38. The third-order valence-electron chi connectivity index (χ3n) is 4.20. The van der Waals surface area contributed by atoms with Crippen LogP contribution < -0.4 is 5.32 Å². The molecule has 0 aromatic carbocycles. The Balaban J connectivity index is 2.00. The van der Waals surface area contributed by atoms with Crippen molar-refractivity contribution < 1.29 is 14.4 Å². The van der Waals surface area contributed by atoms with E-state index in [1.807, 2.05) is 19.2 Å². The Labute approximate surface area is 138 Å². The molecule has 8 heteroatoms. The fraction of sp³-hybridized carbons (Fsp3) is 0.600. The average molecular weight is 336 g/mol. The van der Waals surface area contributed by atoms with Gasteiger partial charge < -0.3 is 9.63 Å². The Bertz CT molecular complexity index is 685. The lowest BCUT2D eigenvalue weighted by molar-refractivity contribution is -0.145. The number of hydrogen-bond donors (Lipinski definition) is 2. The molecule has 1 fully saturated rings. The number of rotatable bonds is 5. The number of aromatic nitrogens is 3. The molecule has 2 N–H and O–H groups in total. The van der Waals surface area contributed by atoms with E-state index in [4.69, 9.17) is 4.52 Å². The molecule has 0 saturated carbocycles. The van der Waals surface area contributed by atoms with Gasteiger partial charge in [0, 0.05) is 5.38 Å². The fourth-order valence-corrected chi connectivity index (χ4v) is 3.97. The Morgan fingerprint density at radius 1 is 1.61 bits per heavy atom. The van der Waals surface area contributed by atoms with Gasteiger partial charge in [-0.05, 0) is 25.7 Å². The molecule has 23 heavy (non-hydrogen) atoms. The van der Waals surface area contributed by atoms with Crippen molar-refractivity contribution >= 4 is 17.3 Å². The van der Waals surface area contributed by atoms with Crippen molar-refractivity contribution in [2.45, 2.75) is 51.1 Å². The van der Waals surface area contributed by atoms with Crippen LogP contribution in [0.15, 0.2) is 15.4 Å². The van der Waals surface area contributed by atoms with Crippen molar-refractivity contribution in [1.82, 2.24) is 20.4 Å². The molecule has 0 spiro atoms. The highest BCUT2D eigenvalue weighted by Crippen LogP contribution is 2.46. The molecule has 2 aromatic rings. The zero-order valence-corrected chi connectivity index (χ0v) is 14.1. The van der Waals surface area contributed by atoms with E-state index < -0.39 is 11.5 Å². The summed E-state index contributed by atoms with van der Waals surface area (Å²) in [6, 6.07) is -0.240. The Kier molecular flexibility index (Phi) is 4.20. The summed E-state index contributed by atoms with van der Waals surface area (Å²) >= 11 is 1.49. The number of thiazole rings is 1. The number of carboxylic acid groups (broad SMARTS) is 1. The van der Waals surface area contributed by atoms with E-state index in [-0.39, 0.29) is 17.9 Å². The predicted molar refractivity (Wildman–Crippen MR) is 84.2 cm³/mol. The Morgan fingerprint density at radius 3 is 2.91 bits per heavy atom. The van der Waals surface area contributed by atoms with Crippen LogP contribution in [0.1, 0.15) is 56.1 Å². The monoisotopic (exact) mass is 336 g/mol. The second-order valence-electron chi connectivity index (χ2n) is 6.51. The zero-order chi connectivity index (χ0) is 16.6. The molecule has 1 aliphatic rings. The second-order valence-corrected chi connectivity index (χ2v) is 7.23. The van der Waals surface area contributed by atoms with Crippen molar-refractivity contribution in [3.8, 4) is 0 Å². The van der Waals surface area contributed by atoms with Crippen LogP contribution in [-0.4, -0.2) is 31.7 Å². The number of aryl methyl sites for hydroxylation is 1. The first kappa shape index (κ1) is 16.1. The van der Waals surface area contributed by atoms with Gasteiger partial charge in [0.25, 0.3) is 0 Å². The van der Waals surface area contributed by atoms with Crippen LogP contribution in [0.4, 0.5) is 0 Å². The lowest BCUT2D eigenvalue weighted by atomic mass is 9.84. The molecule has 124 valence electrons. The van der Waals surface area contributed by atoms with E-state index in [9.17, 15) is 9.90 Å². The number of carbonyl (C=O) groups is 1. The molecule has 0 amide bonds. The van der Waals surface area contributed by atoms with Crippen LogP contribution in [-0.2, 0) is 4.79 Å². The van der Waals surface area contributed by atoms with Crippen molar-refractivity contribution in [3.05, 3.63) is 28.3 Å². The molecular weight excluding hydrogens is 316 g/mol. The number of nitrogens with one attached hydrogen (secondary N) is 1.